The fourth-order valence-corrected chi connectivity index (χ4v) is 4.52. The monoisotopic (exact) mass is 435 g/mol. The van der Waals surface area contributed by atoms with Crippen LogP contribution < -0.4 is 4.90 Å². The quantitative estimate of drug-likeness (QED) is 0.613. The summed E-state index contributed by atoms with van der Waals surface area (Å²) in [6, 6.07) is 7.97. The van der Waals surface area contributed by atoms with E-state index in [0.29, 0.717) is 43.9 Å². The van der Waals surface area contributed by atoms with Crippen LogP contribution in [-0.4, -0.2) is 61.7 Å². The van der Waals surface area contributed by atoms with Gasteiger partial charge in [-0.05, 0) is 43.2 Å². The summed E-state index contributed by atoms with van der Waals surface area (Å²) < 4.78 is 15.1. The highest BCUT2D eigenvalue weighted by atomic mass is 19.1. The lowest BCUT2D eigenvalue weighted by molar-refractivity contribution is -0.132. The van der Waals surface area contributed by atoms with E-state index in [4.69, 9.17) is 4.98 Å². The van der Waals surface area contributed by atoms with Gasteiger partial charge in [-0.1, -0.05) is 12.8 Å². The van der Waals surface area contributed by atoms with Crippen LogP contribution in [-0.2, 0) is 11.3 Å². The van der Waals surface area contributed by atoms with E-state index in [2.05, 4.69) is 20.0 Å². The summed E-state index contributed by atoms with van der Waals surface area (Å²) in [6.07, 6.45) is 7.92. The van der Waals surface area contributed by atoms with Crippen LogP contribution in [0.15, 0.2) is 42.7 Å². The Morgan fingerprint density at radius 1 is 1.00 bits per heavy atom. The summed E-state index contributed by atoms with van der Waals surface area (Å²) in [6.45, 7) is 2.81. The molecular weight excluding hydrogens is 409 g/mol. The number of carbonyl (C=O) groups excluding carboxylic acids is 1. The first-order valence-electron chi connectivity index (χ1n) is 11.2. The minimum absolute atomic E-state index is 0.0356. The lowest BCUT2D eigenvalue weighted by atomic mass is 10.1. The summed E-state index contributed by atoms with van der Waals surface area (Å²) in [5.74, 6) is 2.17. The standard InChI is InChI=1S/C23H26FN7O/c24-19-8-6-17(7-9-19)21-27-22(18-4-1-2-5-18)31(28-21)16-20(32)29-12-14-30(15-13-29)23-25-10-3-11-26-23/h3,6-11,18H,1-2,4-5,12-16H2. The Morgan fingerprint density at radius 3 is 2.38 bits per heavy atom. The molecule has 0 bridgehead atoms. The first kappa shape index (κ1) is 20.5. The Bertz CT molecular complexity index is 1060. The molecule has 3 heterocycles. The van der Waals surface area contributed by atoms with Gasteiger partial charge in [0, 0.05) is 50.1 Å². The summed E-state index contributed by atoms with van der Waals surface area (Å²) in [4.78, 5) is 30.4. The number of benzene rings is 1. The van der Waals surface area contributed by atoms with Crippen LogP contribution in [0.1, 0.15) is 37.4 Å². The SMILES string of the molecule is O=C(Cn1nc(-c2ccc(F)cc2)nc1C1CCCC1)N1CCN(c2ncccn2)CC1. The van der Waals surface area contributed by atoms with Crippen molar-refractivity contribution in [3.05, 3.63) is 54.4 Å². The van der Waals surface area contributed by atoms with Gasteiger partial charge in [0.15, 0.2) is 5.82 Å². The Balaban J connectivity index is 1.30. The predicted molar refractivity (Wildman–Crippen MR) is 117 cm³/mol. The smallest absolute Gasteiger partial charge is 0.244 e. The van der Waals surface area contributed by atoms with Crippen molar-refractivity contribution in [2.24, 2.45) is 0 Å². The maximum absolute atomic E-state index is 13.3. The number of hydrogen-bond donors (Lipinski definition) is 0. The summed E-state index contributed by atoms with van der Waals surface area (Å²) >= 11 is 0. The van der Waals surface area contributed by atoms with Crippen LogP contribution in [0.5, 0.6) is 0 Å². The first-order chi connectivity index (χ1) is 15.7. The van der Waals surface area contributed by atoms with Crippen molar-refractivity contribution >= 4 is 11.9 Å². The molecule has 0 radical (unpaired) electrons. The number of carbonyl (C=O) groups is 1. The third kappa shape index (κ3) is 4.32. The van der Waals surface area contributed by atoms with Crippen molar-refractivity contribution in [1.29, 1.82) is 0 Å². The number of rotatable bonds is 5. The van der Waals surface area contributed by atoms with Crippen LogP contribution >= 0.6 is 0 Å². The van der Waals surface area contributed by atoms with Crippen molar-refractivity contribution < 1.29 is 9.18 Å². The molecule has 8 nitrogen and oxygen atoms in total. The Kier molecular flexibility index (Phi) is 5.79. The molecule has 0 N–H and O–H groups in total. The number of halogens is 1. The van der Waals surface area contributed by atoms with Crippen LogP contribution in [0.25, 0.3) is 11.4 Å². The number of anilines is 1. The lowest BCUT2D eigenvalue weighted by Gasteiger charge is -2.34. The van der Waals surface area contributed by atoms with E-state index in [-0.39, 0.29) is 18.3 Å². The van der Waals surface area contributed by atoms with Gasteiger partial charge in [0.1, 0.15) is 18.2 Å². The van der Waals surface area contributed by atoms with E-state index in [1.54, 1.807) is 35.3 Å². The highest BCUT2D eigenvalue weighted by Gasteiger charge is 2.27. The lowest BCUT2D eigenvalue weighted by Crippen LogP contribution is -2.50. The second-order valence-corrected chi connectivity index (χ2v) is 8.36. The largest absolute Gasteiger partial charge is 0.338 e. The van der Waals surface area contributed by atoms with Gasteiger partial charge in [-0.3, -0.25) is 4.79 Å². The molecule has 32 heavy (non-hydrogen) atoms. The van der Waals surface area contributed by atoms with E-state index >= 15 is 0 Å². The molecule has 0 unspecified atom stereocenters. The van der Waals surface area contributed by atoms with Crippen molar-refractivity contribution in [3.63, 3.8) is 0 Å². The second-order valence-electron chi connectivity index (χ2n) is 8.36. The molecule has 1 saturated heterocycles. The third-order valence-corrected chi connectivity index (χ3v) is 6.28. The average molecular weight is 436 g/mol. The molecule has 2 aromatic heterocycles. The van der Waals surface area contributed by atoms with Crippen molar-refractivity contribution in [2.75, 3.05) is 31.1 Å². The van der Waals surface area contributed by atoms with Gasteiger partial charge in [-0.25, -0.2) is 24.0 Å². The van der Waals surface area contributed by atoms with Crippen molar-refractivity contribution in [1.82, 2.24) is 29.6 Å². The van der Waals surface area contributed by atoms with Gasteiger partial charge in [-0.15, -0.1) is 0 Å². The first-order valence-corrected chi connectivity index (χ1v) is 11.2. The number of piperazine rings is 1. The van der Waals surface area contributed by atoms with E-state index in [1.807, 2.05) is 4.90 Å². The number of nitrogens with zero attached hydrogens (tertiary/aromatic N) is 7. The predicted octanol–water partition coefficient (Wildman–Crippen LogP) is 2.88. The number of hydrogen-bond acceptors (Lipinski definition) is 6. The maximum atomic E-state index is 13.3. The maximum Gasteiger partial charge on any atom is 0.244 e. The minimum Gasteiger partial charge on any atom is -0.338 e. The molecule has 9 heteroatoms. The van der Waals surface area contributed by atoms with Gasteiger partial charge in [-0.2, -0.15) is 5.10 Å². The van der Waals surface area contributed by atoms with Crippen molar-refractivity contribution in [2.45, 2.75) is 38.1 Å². The normalized spacial score (nSPS) is 17.2. The molecule has 2 fully saturated rings. The second kappa shape index (κ2) is 9.02. The van der Waals surface area contributed by atoms with E-state index in [1.165, 1.54) is 25.0 Å². The van der Waals surface area contributed by atoms with Crippen LogP contribution in [0.4, 0.5) is 10.3 Å². The molecule has 2 aliphatic rings. The molecule has 1 aliphatic carbocycles. The summed E-state index contributed by atoms with van der Waals surface area (Å²) in [5.41, 5.74) is 0.758. The zero-order chi connectivity index (χ0) is 21.9. The van der Waals surface area contributed by atoms with Crippen LogP contribution in [0.2, 0.25) is 0 Å². The zero-order valence-corrected chi connectivity index (χ0v) is 17.9. The van der Waals surface area contributed by atoms with Gasteiger partial charge in [0.05, 0.1) is 0 Å². The molecule has 1 aliphatic heterocycles. The highest BCUT2D eigenvalue weighted by Crippen LogP contribution is 2.34. The van der Waals surface area contributed by atoms with E-state index in [9.17, 15) is 9.18 Å². The van der Waals surface area contributed by atoms with Gasteiger partial charge in [0.25, 0.3) is 0 Å². The van der Waals surface area contributed by atoms with Gasteiger partial charge >= 0.3 is 0 Å². The van der Waals surface area contributed by atoms with Gasteiger partial charge in [0.2, 0.25) is 11.9 Å². The molecule has 166 valence electrons. The number of aromatic nitrogens is 5. The van der Waals surface area contributed by atoms with Crippen molar-refractivity contribution in [3.8, 4) is 11.4 Å². The molecule has 1 saturated carbocycles. The van der Waals surface area contributed by atoms with Crippen LogP contribution in [0, 0.1) is 5.82 Å². The fourth-order valence-electron chi connectivity index (χ4n) is 4.52. The molecular formula is C23H26FN7O. The minimum atomic E-state index is -0.292. The fraction of sp³-hybridized carbons (Fsp3) is 0.435. The Labute approximate surface area is 186 Å². The van der Waals surface area contributed by atoms with E-state index < -0.39 is 0 Å². The zero-order valence-electron chi connectivity index (χ0n) is 17.9. The topological polar surface area (TPSA) is 80.0 Å². The molecule has 1 amide bonds. The molecule has 0 spiro atoms. The Morgan fingerprint density at radius 2 is 1.69 bits per heavy atom. The molecule has 3 aromatic rings. The Hall–Kier alpha value is -3.36. The molecule has 0 atom stereocenters. The number of amides is 1. The average Bonchev–Trinajstić information content (AvgIpc) is 3.50. The summed E-state index contributed by atoms with van der Waals surface area (Å²) in [5, 5.41) is 4.66. The summed E-state index contributed by atoms with van der Waals surface area (Å²) in [7, 11) is 0. The van der Waals surface area contributed by atoms with Crippen LogP contribution in [0.3, 0.4) is 0 Å². The molecule has 5 rings (SSSR count). The van der Waals surface area contributed by atoms with Gasteiger partial charge < -0.3 is 9.80 Å². The molecule has 1 aromatic carbocycles. The third-order valence-electron chi connectivity index (χ3n) is 6.28. The highest BCUT2D eigenvalue weighted by molar-refractivity contribution is 5.76. The van der Waals surface area contributed by atoms with E-state index in [0.717, 1.165) is 24.2 Å².